The lowest BCUT2D eigenvalue weighted by molar-refractivity contribution is -0.124. The van der Waals surface area contributed by atoms with Crippen LogP contribution in [0, 0.1) is 11.8 Å². The molecular weight excluding hydrogens is 625 g/mol. The van der Waals surface area contributed by atoms with Gasteiger partial charge in [-0.2, -0.15) is 0 Å². The first kappa shape index (κ1) is 38.8. The molecule has 1 heterocycles. The van der Waals surface area contributed by atoms with Gasteiger partial charge in [0.25, 0.3) is 0 Å². The van der Waals surface area contributed by atoms with Crippen LogP contribution in [0.15, 0.2) is 59.3 Å². The minimum Gasteiger partial charge on any atom is -0.444 e. The number of amides is 4. The Labute approximate surface area is 281 Å². The Kier molecular flexibility index (Phi) is 16.8. The molecule has 0 saturated carbocycles. The number of aliphatic imine (C=N–C) groups is 1. The molecule has 2 rings (SSSR count). The van der Waals surface area contributed by atoms with Crippen molar-refractivity contribution in [3.05, 3.63) is 64.8 Å². The summed E-state index contributed by atoms with van der Waals surface area (Å²) >= 11 is 3.03. The van der Waals surface area contributed by atoms with Crippen molar-refractivity contribution in [2.75, 3.05) is 19.3 Å². The number of benzene rings is 1. The Hall–Kier alpha value is -3.42. The van der Waals surface area contributed by atoms with Crippen molar-refractivity contribution < 1.29 is 24.2 Å². The molecule has 1 aromatic carbocycles. The number of carbonyl (C=O) groups is 3. The van der Waals surface area contributed by atoms with E-state index in [4.69, 9.17) is 4.74 Å². The van der Waals surface area contributed by atoms with Gasteiger partial charge in [-0.25, -0.2) is 14.6 Å². The molecule has 0 aliphatic heterocycles. The summed E-state index contributed by atoms with van der Waals surface area (Å²) in [4.78, 5) is 49.8. The maximum Gasteiger partial charge on any atom is 0.407 e. The third kappa shape index (κ3) is 13.9. The number of aliphatic hydroxyl groups is 1. The summed E-state index contributed by atoms with van der Waals surface area (Å²) in [6.07, 6.45) is 0.487. The molecule has 2 aromatic rings. The number of hydrogen-bond acceptors (Lipinski definition) is 9. The fraction of sp³-hybridized carbons (Fsp3) is 0.545. The largest absolute Gasteiger partial charge is 0.444 e. The van der Waals surface area contributed by atoms with Gasteiger partial charge in [0.2, 0.25) is 5.91 Å². The number of aliphatic hydroxyl groups excluding tert-OH is 1. The van der Waals surface area contributed by atoms with Crippen LogP contribution in [0.2, 0.25) is 0 Å². The topological polar surface area (TPSA) is 145 Å². The molecule has 1 unspecified atom stereocenters. The second-order valence-electron chi connectivity index (χ2n) is 11.8. The molecule has 0 aliphatic rings. The normalized spacial score (nSPS) is 14.3. The molecule has 1 aromatic heterocycles. The zero-order chi connectivity index (χ0) is 34.2. The quantitative estimate of drug-likeness (QED) is 0.133. The zero-order valence-corrected chi connectivity index (χ0v) is 29.6. The van der Waals surface area contributed by atoms with E-state index in [2.05, 4.69) is 53.3 Å². The Bertz CT molecular complexity index is 1270. The lowest BCUT2D eigenvalue weighted by atomic mass is 9.96. The summed E-state index contributed by atoms with van der Waals surface area (Å²) in [7, 11) is 1.63. The maximum atomic E-state index is 13.3. The molecule has 0 fully saturated rings. The number of urea groups is 1. The summed E-state index contributed by atoms with van der Waals surface area (Å²) in [6, 6.07) is 7.13. The van der Waals surface area contributed by atoms with Gasteiger partial charge in [-0.05, 0) is 37.0 Å². The van der Waals surface area contributed by atoms with E-state index in [-0.39, 0.29) is 37.3 Å². The first-order valence-corrected chi connectivity index (χ1v) is 17.4. The Morgan fingerprint density at radius 3 is 2.39 bits per heavy atom. The Morgan fingerprint density at radius 2 is 1.80 bits per heavy atom. The predicted molar refractivity (Wildman–Crippen MR) is 187 cm³/mol. The van der Waals surface area contributed by atoms with Crippen molar-refractivity contribution in [3.63, 3.8) is 0 Å². The predicted octanol–water partition coefficient (Wildman–Crippen LogP) is 5.22. The molecule has 0 saturated heterocycles. The number of ether oxygens (including phenoxy) is 1. The smallest absolute Gasteiger partial charge is 0.407 e. The Morgan fingerprint density at radius 1 is 1.11 bits per heavy atom. The third-order valence-corrected chi connectivity index (χ3v) is 8.83. The van der Waals surface area contributed by atoms with Crippen LogP contribution in [-0.4, -0.2) is 81.6 Å². The molecule has 4 atom stereocenters. The highest BCUT2D eigenvalue weighted by Gasteiger charge is 2.29. The van der Waals surface area contributed by atoms with Crippen LogP contribution in [0.25, 0.3) is 0 Å². The highest BCUT2D eigenvalue weighted by Crippen LogP contribution is 2.16. The highest BCUT2D eigenvalue weighted by molar-refractivity contribution is 8.13. The highest BCUT2D eigenvalue weighted by atomic mass is 32.2. The SMILES string of the molecule is C=C(CN(C)C(=O)NC(C(=O)N[C@@H](C)C[C@H](O)[C@H](Cc1ccccc1)NC(=O)OCc1cncs1)C(C)C)N=C(SCC)C(C)C. The van der Waals surface area contributed by atoms with Crippen molar-refractivity contribution in [1.82, 2.24) is 25.8 Å². The average Bonchev–Trinajstić information content (AvgIpc) is 3.52. The van der Waals surface area contributed by atoms with Crippen molar-refractivity contribution in [3.8, 4) is 0 Å². The number of likely N-dealkylation sites (N-methyl/N-ethyl adjacent to an activating group) is 1. The minimum absolute atomic E-state index is 0.0762. The fourth-order valence-electron chi connectivity index (χ4n) is 4.50. The number of carbonyl (C=O) groups excluding carboxylic acids is 3. The molecular formula is C33H50N6O5S2. The van der Waals surface area contributed by atoms with Gasteiger partial charge in [0.05, 0.1) is 39.8 Å². The monoisotopic (exact) mass is 674 g/mol. The van der Waals surface area contributed by atoms with Crippen molar-refractivity contribution >= 4 is 46.2 Å². The number of thioether (sulfide) groups is 1. The van der Waals surface area contributed by atoms with Crippen LogP contribution in [0.3, 0.4) is 0 Å². The van der Waals surface area contributed by atoms with Crippen LogP contribution >= 0.6 is 23.1 Å². The van der Waals surface area contributed by atoms with E-state index in [1.165, 1.54) is 16.2 Å². The first-order chi connectivity index (χ1) is 21.8. The Balaban J connectivity index is 2.00. The maximum absolute atomic E-state index is 13.3. The summed E-state index contributed by atoms with van der Waals surface area (Å²) in [5.41, 5.74) is 3.14. The fourth-order valence-corrected chi connectivity index (χ4v) is 5.83. The van der Waals surface area contributed by atoms with Crippen LogP contribution in [0.5, 0.6) is 0 Å². The zero-order valence-electron chi connectivity index (χ0n) is 28.0. The van der Waals surface area contributed by atoms with Gasteiger partial charge < -0.3 is 30.7 Å². The van der Waals surface area contributed by atoms with Crippen LogP contribution in [-0.2, 0) is 22.6 Å². The standard InChI is InChI=1S/C33H50N6O5S2/c1-9-45-31(22(4)5)36-24(7)18-39(8)32(42)38-29(21(2)3)30(41)35-23(6)15-28(40)27(16-25-13-11-10-12-14-25)37-33(43)44-19-26-17-34-20-46-26/h10-14,17,20-23,27-29,40H,7,9,15-16,18-19H2,1-6,8H3,(H,35,41)(H,37,43)(H,38,42)/t23-,27-,28-,29?/m0/s1. The number of alkyl carbamates (subject to hydrolysis) is 1. The van der Waals surface area contributed by atoms with E-state index in [1.807, 2.05) is 44.2 Å². The number of aromatic nitrogens is 1. The van der Waals surface area contributed by atoms with Crippen LogP contribution in [0.1, 0.15) is 58.4 Å². The second-order valence-corrected chi connectivity index (χ2v) is 14.1. The summed E-state index contributed by atoms with van der Waals surface area (Å²) < 4.78 is 5.33. The molecule has 46 heavy (non-hydrogen) atoms. The van der Waals surface area contributed by atoms with E-state index < -0.39 is 36.4 Å². The van der Waals surface area contributed by atoms with E-state index in [9.17, 15) is 19.5 Å². The van der Waals surface area contributed by atoms with Gasteiger partial charge in [0.15, 0.2) is 0 Å². The van der Waals surface area contributed by atoms with Gasteiger partial charge in [-0.15, -0.1) is 23.1 Å². The van der Waals surface area contributed by atoms with Gasteiger partial charge in [0.1, 0.15) is 12.6 Å². The lowest BCUT2D eigenvalue weighted by Gasteiger charge is -2.29. The molecule has 254 valence electrons. The number of rotatable bonds is 17. The number of nitrogens with zero attached hydrogens (tertiary/aromatic N) is 3. The molecule has 0 bridgehead atoms. The average molecular weight is 675 g/mol. The van der Waals surface area contributed by atoms with E-state index >= 15 is 0 Å². The van der Waals surface area contributed by atoms with Crippen molar-refractivity contribution in [1.29, 1.82) is 0 Å². The minimum atomic E-state index is -1.00. The van der Waals surface area contributed by atoms with Crippen molar-refractivity contribution in [2.24, 2.45) is 16.8 Å². The molecule has 11 nitrogen and oxygen atoms in total. The van der Waals surface area contributed by atoms with E-state index in [0.29, 0.717) is 12.1 Å². The van der Waals surface area contributed by atoms with Crippen molar-refractivity contribution in [2.45, 2.75) is 85.2 Å². The molecule has 0 aliphatic carbocycles. The summed E-state index contributed by atoms with van der Waals surface area (Å²) in [5.74, 6) is 0.575. The number of nitrogens with one attached hydrogen (secondary N) is 3. The first-order valence-electron chi connectivity index (χ1n) is 15.5. The molecule has 0 spiro atoms. The van der Waals surface area contributed by atoms with E-state index in [1.54, 1.807) is 37.4 Å². The van der Waals surface area contributed by atoms with Gasteiger partial charge in [-0.3, -0.25) is 9.78 Å². The molecule has 0 radical (unpaired) electrons. The van der Waals surface area contributed by atoms with Gasteiger partial charge in [-0.1, -0.05) is 71.5 Å². The number of thiazole rings is 1. The van der Waals surface area contributed by atoms with E-state index in [0.717, 1.165) is 21.2 Å². The molecule has 4 amide bonds. The van der Waals surface area contributed by atoms with Gasteiger partial charge in [0, 0.05) is 25.2 Å². The lowest BCUT2D eigenvalue weighted by Crippen LogP contribution is -2.55. The second kappa shape index (κ2) is 20.0. The van der Waals surface area contributed by atoms with Gasteiger partial charge >= 0.3 is 12.1 Å². The number of hydrogen-bond donors (Lipinski definition) is 4. The van der Waals surface area contributed by atoms with Crippen LogP contribution in [0.4, 0.5) is 9.59 Å². The van der Waals surface area contributed by atoms with Crippen LogP contribution < -0.4 is 16.0 Å². The molecule has 4 N–H and O–H groups in total. The third-order valence-electron chi connectivity index (χ3n) is 6.93. The summed E-state index contributed by atoms with van der Waals surface area (Å²) in [6.45, 7) is 16.0. The molecule has 13 heteroatoms. The summed E-state index contributed by atoms with van der Waals surface area (Å²) in [5, 5.41) is 20.7.